The molecule has 1 aromatic heterocycles. The molecule has 4 rings (SSSR count). The molecular formula is C21H23N7O4. The Labute approximate surface area is 183 Å². The van der Waals surface area contributed by atoms with Crippen molar-refractivity contribution in [1.82, 2.24) is 20.3 Å². The molecule has 11 nitrogen and oxygen atoms in total. The zero-order chi connectivity index (χ0) is 22.5. The largest absolute Gasteiger partial charge is 0.395 e. The summed E-state index contributed by atoms with van der Waals surface area (Å²) in [6.07, 6.45) is 1.23. The Bertz CT molecular complexity index is 1130. The van der Waals surface area contributed by atoms with Crippen LogP contribution in [-0.2, 0) is 0 Å². The van der Waals surface area contributed by atoms with Crippen LogP contribution in [0.3, 0.4) is 0 Å². The lowest BCUT2D eigenvalue weighted by Gasteiger charge is -2.34. The van der Waals surface area contributed by atoms with Crippen molar-refractivity contribution in [2.75, 3.05) is 49.7 Å². The Morgan fingerprint density at radius 1 is 1.09 bits per heavy atom. The molecule has 1 amide bonds. The van der Waals surface area contributed by atoms with Crippen molar-refractivity contribution >= 4 is 34.0 Å². The summed E-state index contributed by atoms with van der Waals surface area (Å²) in [5.41, 5.74) is 5.26. The number of carbonyl (C=O) groups excluding carboxylic acids is 1. The maximum Gasteiger partial charge on any atom is 0.355 e. The van der Waals surface area contributed by atoms with E-state index in [4.69, 9.17) is 5.11 Å². The second kappa shape index (κ2) is 9.54. The van der Waals surface area contributed by atoms with E-state index < -0.39 is 10.8 Å². The molecule has 2 aromatic carbocycles. The average Bonchev–Trinajstić information content (AvgIpc) is 2.82. The van der Waals surface area contributed by atoms with E-state index in [-0.39, 0.29) is 23.9 Å². The number of piperazine rings is 1. The van der Waals surface area contributed by atoms with Crippen molar-refractivity contribution < 1.29 is 14.8 Å². The first-order chi connectivity index (χ1) is 15.6. The second-order valence-electron chi connectivity index (χ2n) is 7.31. The van der Waals surface area contributed by atoms with Gasteiger partial charge in [-0.25, -0.2) is 9.97 Å². The van der Waals surface area contributed by atoms with E-state index in [1.807, 2.05) is 35.2 Å². The highest BCUT2D eigenvalue weighted by Crippen LogP contribution is 2.32. The highest BCUT2D eigenvalue weighted by molar-refractivity contribution is 6.07. The summed E-state index contributed by atoms with van der Waals surface area (Å²) in [6.45, 7) is 2.99. The number of β-amino-alcohol motifs (C(OH)–C–C–N with tert-alkyl or cyclic N) is 1. The van der Waals surface area contributed by atoms with Crippen molar-refractivity contribution in [2.24, 2.45) is 0 Å². The number of amides is 1. The van der Waals surface area contributed by atoms with Gasteiger partial charge in [0.1, 0.15) is 6.33 Å². The minimum atomic E-state index is -0.554. The Kier molecular flexibility index (Phi) is 6.38. The van der Waals surface area contributed by atoms with Crippen LogP contribution in [0.2, 0.25) is 0 Å². The van der Waals surface area contributed by atoms with Crippen molar-refractivity contribution in [3.05, 3.63) is 64.5 Å². The number of hydrogen-bond acceptors (Lipinski definition) is 9. The molecule has 3 N–H and O–H groups in total. The molecule has 0 aliphatic carbocycles. The fourth-order valence-electron chi connectivity index (χ4n) is 3.79. The summed E-state index contributed by atoms with van der Waals surface area (Å²) < 4.78 is 0. The molecule has 2 heterocycles. The normalized spacial score (nSPS) is 14.3. The highest BCUT2D eigenvalue weighted by Gasteiger charge is 2.29. The number of nitrogens with one attached hydrogen (secondary N) is 2. The van der Waals surface area contributed by atoms with Gasteiger partial charge < -0.3 is 10.0 Å². The molecule has 0 spiro atoms. The summed E-state index contributed by atoms with van der Waals surface area (Å²) in [4.78, 5) is 36.1. The van der Waals surface area contributed by atoms with Gasteiger partial charge >= 0.3 is 5.69 Å². The minimum absolute atomic E-state index is 0.0676. The molecule has 0 atom stereocenters. The van der Waals surface area contributed by atoms with Gasteiger partial charge in [0.15, 0.2) is 0 Å². The van der Waals surface area contributed by atoms with Gasteiger partial charge in [0.25, 0.3) is 5.91 Å². The van der Waals surface area contributed by atoms with E-state index in [2.05, 4.69) is 25.7 Å². The van der Waals surface area contributed by atoms with E-state index in [0.29, 0.717) is 38.3 Å². The third-order valence-corrected chi connectivity index (χ3v) is 5.40. The third kappa shape index (κ3) is 4.43. The van der Waals surface area contributed by atoms with Crippen LogP contribution in [0.15, 0.2) is 48.8 Å². The number of rotatable bonds is 7. The molecule has 11 heteroatoms. The summed E-state index contributed by atoms with van der Waals surface area (Å²) >= 11 is 0. The van der Waals surface area contributed by atoms with E-state index in [0.717, 1.165) is 10.8 Å². The van der Waals surface area contributed by atoms with Crippen LogP contribution in [0.5, 0.6) is 0 Å². The molecule has 0 radical (unpaired) electrons. The first-order valence-corrected chi connectivity index (χ1v) is 10.2. The van der Waals surface area contributed by atoms with Crippen LogP contribution in [0.25, 0.3) is 10.8 Å². The van der Waals surface area contributed by atoms with Gasteiger partial charge in [-0.15, -0.1) is 0 Å². The van der Waals surface area contributed by atoms with E-state index >= 15 is 0 Å². The van der Waals surface area contributed by atoms with Crippen molar-refractivity contribution in [3.8, 4) is 0 Å². The standard InChI is InChI=1S/C21H23N7O4/c29-13-12-26-8-10-27(11-9-26)20-18(28(31)32)19(22-14-23-20)24-25-21(30)17-7-3-5-15-4-1-2-6-16(15)17/h1-7,14,29H,8-13H2,(H,25,30)(H,22,23,24). The molecule has 0 saturated carbocycles. The molecule has 0 unspecified atom stereocenters. The zero-order valence-corrected chi connectivity index (χ0v) is 17.3. The van der Waals surface area contributed by atoms with Gasteiger partial charge in [0.2, 0.25) is 11.6 Å². The highest BCUT2D eigenvalue weighted by atomic mass is 16.6. The number of hydrazine groups is 1. The quantitative estimate of drug-likeness (QED) is 0.370. The van der Waals surface area contributed by atoms with Gasteiger partial charge in [-0.1, -0.05) is 36.4 Å². The predicted molar refractivity (Wildman–Crippen MR) is 119 cm³/mol. The topological polar surface area (TPSA) is 137 Å². The molecule has 3 aromatic rings. The number of anilines is 2. The first-order valence-electron chi connectivity index (χ1n) is 10.2. The smallest absolute Gasteiger partial charge is 0.355 e. The van der Waals surface area contributed by atoms with Crippen LogP contribution < -0.4 is 15.8 Å². The van der Waals surface area contributed by atoms with Crippen LogP contribution in [-0.4, -0.2) is 70.1 Å². The van der Waals surface area contributed by atoms with Crippen LogP contribution in [0.1, 0.15) is 10.4 Å². The fraction of sp³-hybridized carbons (Fsp3) is 0.286. The average molecular weight is 437 g/mol. The monoisotopic (exact) mass is 437 g/mol. The van der Waals surface area contributed by atoms with E-state index in [1.54, 1.807) is 12.1 Å². The number of benzene rings is 2. The molecule has 166 valence electrons. The number of carbonyl (C=O) groups is 1. The zero-order valence-electron chi connectivity index (χ0n) is 17.3. The van der Waals surface area contributed by atoms with Gasteiger partial charge in [-0.3, -0.25) is 30.7 Å². The van der Waals surface area contributed by atoms with Crippen LogP contribution in [0, 0.1) is 10.1 Å². The summed E-state index contributed by atoms with van der Waals surface area (Å²) in [5, 5.41) is 22.6. The van der Waals surface area contributed by atoms with Crippen molar-refractivity contribution in [3.63, 3.8) is 0 Å². The second-order valence-corrected chi connectivity index (χ2v) is 7.31. The third-order valence-electron chi connectivity index (χ3n) is 5.40. The lowest BCUT2D eigenvalue weighted by molar-refractivity contribution is -0.383. The fourth-order valence-corrected chi connectivity index (χ4v) is 3.79. The first kappa shape index (κ1) is 21.4. The molecule has 1 fully saturated rings. The number of fused-ring (bicyclic) bond motifs is 1. The maximum absolute atomic E-state index is 12.8. The lowest BCUT2D eigenvalue weighted by Crippen LogP contribution is -2.47. The number of hydrogen-bond donors (Lipinski definition) is 3. The van der Waals surface area contributed by atoms with E-state index in [9.17, 15) is 14.9 Å². The maximum atomic E-state index is 12.8. The number of aliphatic hydroxyl groups excluding tert-OH is 1. The number of aliphatic hydroxyl groups is 1. The number of nitrogens with zero attached hydrogens (tertiary/aromatic N) is 5. The minimum Gasteiger partial charge on any atom is -0.395 e. The van der Waals surface area contributed by atoms with Gasteiger partial charge in [0, 0.05) is 38.3 Å². The number of aromatic nitrogens is 2. The predicted octanol–water partition coefficient (Wildman–Crippen LogP) is 1.41. The Balaban J connectivity index is 1.53. The number of nitro groups is 1. The van der Waals surface area contributed by atoms with Crippen molar-refractivity contribution in [1.29, 1.82) is 0 Å². The molecule has 32 heavy (non-hydrogen) atoms. The Hall–Kier alpha value is -3.83. The molecule has 0 bridgehead atoms. The summed E-state index contributed by atoms with van der Waals surface area (Å²) in [5.74, 6) is -0.337. The Morgan fingerprint density at radius 2 is 1.84 bits per heavy atom. The van der Waals surface area contributed by atoms with Gasteiger partial charge in [-0.05, 0) is 16.8 Å². The molecule has 1 aliphatic rings. The van der Waals surface area contributed by atoms with Crippen LogP contribution in [0.4, 0.5) is 17.3 Å². The van der Waals surface area contributed by atoms with E-state index in [1.165, 1.54) is 6.33 Å². The SMILES string of the molecule is O=C(NNc1ncnc(N2CCN(CCO)CC2)c1[N+](=O)[O-])c1cccc2ccccc12. The van der Waals surface area contributed by atoms with Crippen LogP contribution >= 0.6 is 0 Å². The summed E-state index contributed by atoms with van der Waals surface area (Å²) in [7, 11) is 0. The van der Waals surface area contributed by atoms with Crippen molar-refractivity contribution in [2.45, 2.75) is 0 Å². The molecule has 1 saturated heterocycles. The lowest BCUT2D eigenvalue weighted by atomic mass is 10.0. The molecule has 1 aliphatic heterocycles. The van der Waals surface area contributed by atoms with Gasteiger partial charge in [-0.2, -0.15) is 0 Å². The van der Waals surface area contributed by atoms with Gasteiger partial charge in [0.05, 0.1) is 11.5 Å². The Morgan fingerprint density at radius 3 is 2.59 bits per heavy atom. The summed E-state index contributed by atoms with van der Waals surface area (Å²) in [6, 6.07) is 12.8. The molecular weight excluding hydrogens is 414 g/mol.